The summed E-state index contributed by atoms with van der Waals surface area (Å²) in [4.78, 5) is 40.3. The van der Waals surface area contributed by atoms with Crippen LogP contribution in [0, 0.1) is 13.8 Å². The fourth-order valence-corrected chi connectivity index (χ4v) is 3.97. The topological polar surface area (TPSA) is 109 Å². The molecule has 0 spiro atoms. The number of H-pyrrole nitrogens is 1. The Hall–Kier alpha value is -3.46. The summed E-state index contributed by atoms with van der Waals surface area (Å²) in [5.74, 6) is 0.198. The first-order valence-electron chi connectivity index (χ1n) is 10.7. The van der Waals surface area contributed by atoms with Gasteiger partial charge < -0.3 is 24.7 Å². The van der Waals surface area contributed by atoms with E-state index in [4.69, 9.17) is 14.5 Å². The van der Waals surface area contributed by atoms with Crippen molar-refractivity contribution in [3.8, 4) is 0 Å². The molecule has 2 N–H and O–H groups in total. The van der Waals surface area contributed by atoms with Crippen LogP contribution in [-0.4, -0.2) is 60.2 Å². The van der Waals surface area contributed by atoms with E-state index in [0.717, 1.165) is 31.4 Å². The van der Waals surface area contributed by atoms with Crippen LogP contribution in [-0.2, 0) is 9.47 Å². The average Bonchev–Trinajstić information content (AvgIpc) is 3.41. The molecular formula is C23H27N5O4. The van der Waals surface area contributed by atoms with Crippen molar-refractivity contribution < 1.29 is 19.1 Å². The minimum atomic E-state index is -0.490. The predicted octanol–water partition coefficient (Wildman–Crippen LogP) is 3.23. The number of nitrogens with zero attached hydrogens (tertiary/aromatic N) is 3. The number of aryl methyl sites for hydroxylation is 1. The lowest BCUT2D eigenvalue weighted by atomic mass is 10.1. The Kier molecular flexibility index (Phi) is 6.36. The number of carbonyl (C=O) groups excluding carboxylic acids is 2. The molecule has 9 nitrogen and oxygen atoms in total. The fourth-order valence-electron chi connectivity index (χ4n) is 3.97. The molecule has 1 aliphatic heterocycles. The highest BCUT2D eigenvalue weighted by Crippen LogP contribution is 2.29. The van der Waals surface area contributed by atoms with E-state index in [1.807, 2.05) is 24.3 Å². The van der Waals surface area contributed by atoms with E-state index in [-0.39, 0.29) is 12.5 Å². The van der Waals surface area contributed by atoms with Crippen LogP contribution in [0.5, 0.6) is 0 Å². The van der Waals surface area contributed by atoms with Gasteiger partial charge in [-0.15, -0.1) is 0 Å². The van der Waals surface area contributed by atoms with E-state index >= 15 is 0 Å². The van der Waals surface area contributed by atoms with Gasteiger partial charge in [-0.2, -0.15) is 0 Å². The molecule has 0 unspecified atom stereocenters. The zero-order chi connectivity index (χ0) is 22.7. The van der Waals surface area contributed by atoms with Crippen LogP contribution >= 0.6 is 0 Å². The van der Waals surface area contributed by atoms with Crippen LogP contribution in [0.15, 0.2) is 24.3 Å². The SMILES string of the molecule is COCCOC(=O)c1c(C)[nH]c(C(=O)Nc2nc3ccccc3nc2N2CCCC2)c1C. The van der Waals surface area contributed by atoms with E-state index < -0.39 is 5.97 Å². The van der Waals surface area contributed by atoms with Gasteiger partial charge in [0.1, 0.15) is 12.3 Å². The summed E-state index contributed by atoms with van der Waals surface area (Å²) in [6.07, 6.45) is 2.15. The summed E-state index contributed by atoms with van der Waals surface area (Å²) < 4.78 is 10.1. The summed E-state index contributed by atoms with van der Waals surface area (Å²) in [6, 6.07) is 7.58. The number of rotatable bonds is 7. The molecule has 1 saturated heterocycles. The van der Waals surface area contributed by atoms with Gasteiger partial charge in [0.25, 0.3) is 5.91 Å². The Morgan fingerprint density at radius 1 is 1.09 bits per heavy atom. The third-order valence-electron chi connectivity index (χ3n) is 5.58. The number of carbonyl (C=O) groups is 2. The van der Waals surface area contributed by atoms with Gasteiger partial charge >= 0.3 is 5.97 Å². The van der Waals surface area contributed by atoms with Crippen molar-refractivity contribution in [2.75, 3.05) is 43.6 Å². The number of aromatic amines is 1. The molecule has 1 aromatic carbocycles. The number of esters is 1. The summed E-state index contributed by atoms with van der Waals surface area (Å²) in [5, 5.41) is 2.91. The number of fused-ring (bicyclic) bond motifs is 1. The van der Waals surface area contributed by atoms with Crippen molar-refractivity contribution >= 4 is 34.5 Å². The maximum Gasteiger partial charge on any atom is 0.340 e. The maximum atomic E-state index is 13.2. The highest BCUT2D eigenvalue weighted by atomic mass is 16.6. The molecule has 4 rings (SSSR count). The monoisotopic (exact) mass is 437 g/mol. The molecule has 9 heteroatoms. The van der Waals surface area contributed by atoms with Crippen molar-refractivity contribution in [3.63, 3.8) is 0 Å². The second-order valence-electron chi connectivity index (χ2n) is 7.79. The molecule has 32 heavy (non-hydrogen) atoms. The summed E-state index contributed by atoms with van der Waals surface area (Å²) in [5.41, 5.74) is 3.23. The quantitative estimate of drug-likeness (QED) is 0.431. The number of nitrogens with one attached hydrogen (secondary N) is 2. The molecule has 0 bridgehead atoms. The zero-order valence-corrected chi connectivity index (χ0v) is 18.5. The van der Waals surface area contributed by atoms with Crippen LogP contribution in [0.2, 0.25) is 0 Å². The summed E-state index contributed by atoms with van der Waals surface area (Å²) >= 11 is 0. The first-order chi connectivity index (χ1) is 15.5. The lowest BCUT2D eigenvalue weighted by Crippen LogP contribution is -2.23. The number of para-hydroxylation sites is 2. The maximum absolute atomic E-state index is 13.2. The van der Waals surface area contributed by atoms with Crippen molar-refractivity contribution in [2.24, 2.45) is 0 Å². The van der Waals surface area contributed by atoms with Crippen molar-refractivity contribution in [1.29, 1.82) is 0 Å². The van der Waals surface area contributed by atoms with Crippen LogP contribution in [0.4, 0.5) is 11.6 Å². The largest absolute Gasteiger partial charge is 0.460 e. The molecule has 0 radical (unpaired) electrons. The normalized spacial score (nSPS) is 13.5. The molecule has 168 valence electrons. The lowest BCUT2D eigenvalue weighted by Gasteiger charge is -2.20. The minimum Gasteiger partial charge on any atom is -0.460 e. The van der Waals surface area contributed by atoms with Crippen molar-refractivity contribution in [3.05, 3.63) is 46.8 Å². The second-order valence-corrected chi connectivity index (χ2v) is 7.79. The molecule has 1 aliphatic rings. The number of hydrogen-bond acceptors (Lipinski definition) is 7. The third-order valence-corrected chi connectivity index (χ3v) is 5.58. The van der Waals surface area contributed by atoms with Gasteiger partial charge in [-0.25, -0.2) is 14.8 Å². The van der Waals surface area contributed by atoms with Crippen LogP contribution in [0.1, 0.15) is 44.9 Å². The van der Waals surface area contributed by atoms with E-state index in [2.05, 4.69) is 20.2 Å². The van der Waals surface area contributed by atoms with E-state index in [1.54, 1.807) is 13.8 Å². The number of methoxy groups -OCH3 is 1. The smallest absolute Gasteiger partial charge is 0.340 e. The van der Waals surface area contributed by atoms with Gasteiger partial charge in [0.05, 0.1) is 23.2 Å². The standard InChI is InChI=1S/C23H27N5O4/c1-14-18(23(30)32-13-12-31-3)15(2)24-19(14)22(29)27-20-21(28-10-6-7-11-28)26-17-9-5-4-8-16(17)25-20/h4-5,8-9,24H,6-7,10-13H2,1-3H3,(H,25,27,29). The lowest BCUT2D eigenvalue weighted by molar-refractivity contribution is 0.0387. The molecule has 0 aliphatic carbocycles. The van der Waals surface area contributed by atoms with E-state index in [9.17, 15) is 9.59 Å². The van der Waals surface area contributed by atoms with Gasteiger partial charge in [-0.3, -0.25) is 4.79 Å². The zero-order valence-electron chi connectivity index (χ0n) is 18.5. The number of amides is 1. The Morgan fingerprint density at radius 2 is 1.78 bits per heavy atom. The Bertz CT molecular complexity index is 1150. The number of ether oxygens (including phenoxy) is 2. The molecular weight excluding hydrogens is 410 g/mol. The number of hydrogen-bond donors (Lipinski definition) is 2. The minimum absolute atomic E-state index is 0.146. The van der Waals surface area contributed by atoms with Gasteiger partial charge in [0.15, 0.2) is 11.6 Å². The van der Waals surface area contributed by atoms with Crippen molar-refractivity contribution in [2.45, 2.75) is 26.7 Å². The molecule has 3 heterocycles. The number of benzene rings is 1. The van der Waals surface area contributed by atoms with Gasteiger partial charge in [0, 0.05) is 25.9 Å². The molecule has 2 aromatic heterocycles. The van der Waals surface area contributed by atoms with Gasteiger partial charge in [0.2, 0.25) is 0 Å². The second kappa shape index (κ2) is 9.35. The molecule has 0 atom stereocenters. The highest BCUT2D eigenvalue weighted by molar-refractivity contribution is 6.07. The molecule has 1 fully saturated rings. The third kappa shape index (κ3) is 4.29. The first kappa shape index (κ1) is 21.8. The van der Waals surface area contributed by atoms with Crippen LogP contribution in [0.3, 0.4) is 0 Å². The Balaban J connectivity index is 1.63. The molecule has 0 saturated carbocycles. The summed E-state index contributed by atoms with van der Waals surface area (Å²) in [7, 11) is 1.54. The average molecular weight is 438 g/mol. The first-order valence-corrected chi connectivity index (χ1v) is 10.7. The highest BCUT2D eigenvalue weighted by Gasteiger charge is 2.25. The fraction of sp³-hybridized carbons (Fsp3) is 0.391. The Morgan fingerprint density at radius 3 is 2.47 bits per heavy atom. The van der Waals surface area contributed by atoms with Crippen LogP contribution < -0.4 is 10.2 Å². The van der Waals surface area contributed by atoms with E-state index in [0.29, 0.717) is 46.3 Å². The van der Waals surface area contributed by atoms with E-state index in [1.165, 1.54) is 7.11 Å². The van der Waals surface area contributed by atoms with Crippen LogP contribution in [0.25, 0.3) is 11.0 Å². The predicted molar refractivity (Wildman–Crippen MR) is 121 cm³/mol. The molecule has 1 amide bonds. The Labute approximate surface area is 186 Å². The number of anilines is 2. The van der Waals surface area contributed by atoms with Gasteiger partial charge in [-0.05, 0) is 44.4 Å². The van der Waals surface area contributed by atoms with Crippen molar-refractivity contribution in [1.82, 2.24) is 15.0 Å². The molecule has 3 aromatic rings. The number of aromatic nitrogens is 3. The summed E-state index contributed by atoms with van der Waals surface area (Å²) in [6.45, 7) is 5.65. The van der Waals surface area contributed by atoms with Gasteiger partial charge in [-0.1, -0.05) is 12.1 Å².